The molecule has 0 saturated heterocycles. The Labute approximate surface area is 216 Å². The fourth-order valence-corrected chi connectivity index (χ4v) is 4.42. The second kappa shape index (κ2) is 9.49. The minimum absolute atomic E-state index is 0.0563. The van der Waals surface area contributed by atoms with Crippen LogP contribution >= 0.6 is 23.2 Å². The van der Waals surface area contributed by atoms with E-state index in [9.17, 15) is 14.9 Å². The molecule has 5 rings (SSSR count). The number of halogens is 2. The number of hydrogen-bond donors (Lipinski definition) is 0. The highest BCUT2D eigenvalue weighted by Gasteiger charge is 2.32. The van der Waals surface area contributed by atoms with Gasteiger partial charge in [0.05, 0.1) is 21.3 Å². The van der Waals surface area contributed by atoms with E-state index in [0.29, 0.717) is 49.7 Å². The molecule has 0 atom stereocenters. The summed E-state index contributed by atoms with van der Waals surface area (Å²) in [6.45, 7) is 1.66. The summed E-state index contributed by atoms with van der Waals surface area (Å²) >= 11 is 12.4. The third-order valence-corrected chi connectivity index (χ3v) is 6.38. The molecule has 1 aliphatic rings. The van der Waals surface area contributed by atoms with Gasteiger partial charge in [0.25, 0.3) is 11.6 Å². The number of aryl methyl sites for hydroxylation is 1. The Morgan fingerprint density at radius 1 is 0.972 bits per heavy atom. The fourth-order valence-electron chi connectivity index (χ4n) is 4.04. The lowest BCUT2D eigenvalue weighted by Gasteiger charge is -2.21. The lowest BCUT2D eigenvalue weighted by atomic mass is 10.1. The first-order chi connectivity index (χ1) is 17.3. The molecule has 0 radical (unpaired) electrons. The van der Waals surface area contributed by atoms with Gasteiger partial charge in [0.2, 0.25) is 0 Å². The van der Waals surface area contributed by atoms with E-state index in [1.807, 2.05) is 30.3 Å². The highest BCUT2D eigenvalue weighted by Crippen LogP contribution is 2.38. The zero-order valence-electron chi connectivity index (χ0n) is 18.9. The zero-order chi connectivity index (χ0) is 25.4. The Bertz CT molecular complexity index is 1570. The average Bonchev–Trinajstić information content (AvgIpc) is 3.46. The summed E-state index contributed by atoms with van der Waals surface area (Å²) in [5.74, 6) is 0.633. The summed E-state index contributed by atoms with van der Waals surface area (Å²) in [5, 5.41) is 12.5. The third kappa shape index (κ3) is 4.44. The van der Waals surface area contributed by atoms with Gasteiger partial charge >= 0.3 is 0 Å². The van der Waals surface area contributed by atoms with Crippen molar-refractivity contribution in [3.8, 4) is 11.3 Å². The van der Waals surface area contributed by atoms with E-state index in [2.05, 4.69) is 0 Å². The van der Waals surface area contributed by atoms with Crippen molar-refractivity contribution >= 4 is 52.3 Å². The second-order valence-electron chi connectivity index (χ2n) is 8.19. The van der Waals surface area contributed by atoms with Gasteiger partial charge < -0.3 is 4.42 Å². The van der Waals surface area contributed by atoms with Gasteiger partial charge in [-0.2, -0.15) is 0 Å². The van der Waals surface area contributed by atoms with Crippen molar-refractivity contribution in [2.45, 2.75) is 6.92 Å². The van der Waals surface area contributed by atoms with E-state index in [1.54, 1.807) is 61.5 Å². The minimum Gasteiger partial charge on any atom is -0.457 e. The fraction of sp³-hybridized carbons (Fsp3) is 0.0357. The van der Waals surface area contributed by atoms with Crippen LogP contribution in [0.4, 0.5) is 11.4 Å². The number of anilines is 1. The van der Waals surface area contributed by atoms with Crippen molar-refractivity contribution in [3.05, 3.63) is 128 Å². The molecule has 2 heterocycles. The van der Waals surface area contributed by atoms with Gasteiger partial charge in [-0.1, -0.05) is 59.6 Å². The molecule has 0 bridgehead atoms. The molecular formula is C28H18Cl2N2O4. The van der Waals surface area contributed by atoms with Crippen molar-refractivity contribution in [2.75, 3.05) is 4.90 Å². The van der Waals surface area contributed by atoms with E-state index < -0.39 is 4.92 Å². The first-order valence-electron chi connectivity index (χ1n) is 11.0. The Balaban J connectivity index is 1.57. The van der Waals surface area contributed by atoms with Gasteiger partial charge in [-0.25, -0.2) is 0 Å². The molecule has 1 amide bonds. The average molecular weight is 517 g/mol. The van der Waals surface area contributed by atoms with Crippen molar-refractivity contribution in [1.29, 1.82) is 0 Å². The van der Waals surface area contributed by atoms with E-state index >= 15 is 0 Å². The van der Waals surface area contributed by atoms with Crippen LogP contribution in [0, 0.1) is 17.0 Å². The Morgan fingerprint density at radius 2 is 1.75 bits per heavy atom. The summed E-state index contributed by atoms with van der Waals surface area (Å²) in [7, 11) is 0. The summed E-state index contributed by atoms with van der Waals surface area (Å²) < 4.78 is 5.96. The molecule has 178 valence electrons. The first kappa shape index (κ1) is 23.6. The molecule has 4 aromatic rings. The lowest BCUT2D eigenvalue weighted by molar-refractivity contribution is -0.385. The van der Waals surface area contributed by atoms with Gasteiger partial charge in [0, 0.05) is 27.8 Å². The van der Waals surface area contributed by atoms with E-state index in [4.69, 9.17) is 27.6 Å². The number of furan rings is 1. The molecule has 0 N–H and O–H groups in total. The van der Waals surface area contributed by atoms with Crippen LogP contribution in [0.25, 0.3) is 23.1 Å². The number of hydrogen-bond acceptors (Lipinski definition) is 4. The molecule has 8 heteroatoms. The standard InChI is InChI=1S/C28H18Cl2N2O4/c1-17-7-9-21(16-25(17)32(34)35)31-26(18-5-3-2-4-6-18)14-19(28(31)33)13-22-10-12-27(36-22)23-15-20(29)8-11-24(23)30/h2-16H,1H3/b19-13-. The largest absolute Gasteiger partial charge is 0.457 e. The van der Waals surface area contributed by atoms with E-state index in [-0.39, 0.29) is 11.6 Å². The van der Waals surface area contributed by atoms with Crippen LogP contribution in [0.2, 0.25) is 10.0 Å². The molecule has 0 saturated carbocycles. The highest BCUT2D eigenvalue weighted by molar-refractivity contribution is 6.35. The van der Waals surface area contributed by atoms with Gasteiger partial charge in [0.1, 0.15) is 11.5 Å². The van der Waals surface area contributed by atoms with Crippen LogP contribution < -0.4 is 4.90 Å². The normalized spacial score (nSPS) is 14.4. The predicted molar refractivity (Wildman–Crippen MR) is 142 cm³/mol. The summed E-state index contributed by atoms with van der Waals surface area (Å²) in [4.78, 5) is 26.2. The molecule has 0 aliphatic carbocycles. The molecule has 36 heavy (non-hydrogen) atoms. The summed E-state index contributed by atoms with van der Waals surface area (Å²) in [5.41, 5.74) is 3.27. The Hall–Kier alpha value is -4.13. The van der Waals surface area contributed by atoms with Crippen LogP contribution in [0.1, 0.15) is 16.9 Å². The highest BCUT2D eigenvalue weighted by atomic mass is 35.5. The van der Waals surface area contributed by atoms with Gasteiger partial charge in [-0.05, 0) is 61.0 Å². The number of nitrogens with zero attached hydrogens (tertiary/aromatic N) is 2. The van der Waals surface area contributed by atoms with Crippen molar-refractivity contribution in [1.82, 2.24) is 0 Å². The van der Waals surface area contributed by atoms with Crippen molar-refractivity contribution in [2.24, 2.45) is 0 Å². The first-order valence-corrected chi connectivity index (χ1v) is 11.7. The molecule has 1 aromatic heterocycles. The van der Waals surface area contributed by atoms with Crippen LogP contribution in [0.5, 0.6) is 0 Å². The lowest BCUT2D eigenvalue weighted by Crippen LogP contribution is -2.25. The number of rotatable bonds is 5. The molecule has 0 unspecified atom stereocenters. The van der Waals surface area contributed by atoms with Crippen molar-refractivity contribution < 1.29 is 14.1 Å². The maximum Gasteiger partial charge on any atom is 0.274 e. The maximum absolute atomic E-state index is 13.6. The third-order valence-electron chi connectivity index (χ3n) is 5.82. The summed E-state index contributed by atoms with van der Waals surface area (Å²) in [6.07, 6.45) is 3.38. The maximum atomic E-state index is 13.6. The van der Waals surface area contributed by atoms with Crippen LogP contribution in [-0.2, 0) is 4.79 Å². The Kier molecular flexibility index (Phi) is 6.22. The molecule has 6 nitrogen and oxygen atoms in total. The second-order valence-corrected chi connectivity index (χ2v) is 9.03. The number of benzene rings is 3. The molecule has 0 spiro atoms. The Morgan fingerprint density at radius 3 is 2.50 bits per heavy atom. The molecule has 0 fully saturated rings. The number of amides is 1. The molecular weight excluding hydrogens is 499 g/mol. The van der Waals surface area contributed by atoms with E-state index in [0.717, 1.165) is 5.56 Å². The molecule has 1 aliphatic heterocycles. The van der Waals surface area contributed by atoms with Crippen LogP contribution in [-0.4, -0.2) is 10.8 Å². The van der Waals surface area contributed by atoms with E-state index in [1.165, 1.54) is 11.0 Å². The van der Waals surface area contributed by atoms with Crippen LogP contribution in [0.15, 0.2) is 94.9 Å². The quantitative estimate of drug-likeness (QED) is 0.153. The number of carbonyl (C=O) groups is 1. The van der Waals surface area contributed by atoms with Gasteiger partial charge in [-0.15, -0.1) is 0 Å². The van der Waals surface area contributed by atoms with Crippen LogP contribution in [0.3, 0.4) is 0 Å². The van der Waals surface area contributed by atoms with Gasteiger partial charge in [-0.3, -0.25) is 19.8 Å². The topological polar surface area (TPSA) is 76.6 Å². The number of carbonyl (C=O) groups excluding carboxylic acids is 1. The minimum atomic E-state index is -0.451. The number of nitro benzene ring substituents is 1. The van der Waals surface area contributed by atoms with Gasteiger partial charge in [0.15, 0.2) is 0 Å². The summed E-state index contributed by atoms with van der Waals surface area (Å²) in [6, 6.07) is 22.7. The smallest absolute Gasteiger partial charge is 0.274 e. The monoisotopic (exact) mass is 516 g/mol. The predicted octanol–water partition coefficient (Wildman–Crippen LogP) is 7.94. The SMILES string of the molecule is Cc1ccc(N2C(=O)/C(=C\c3ccc(-c4cc(Cl)ccc4Cl)o3)C=C2c2ccccc2)cc1[N+](=O)[O-]. The molecule has 3 aromatic carbocycles. The van der Waals surface area contributed by atoms with Crippen molar-refractivity contribution in [3.63, 3.8) is 0 Å². The zero-order valence-corrected chi connectivity index (χ0v) is 20.5. The number of nitro groups is 1.